The summed E-state index contributed by atoms with van der Waals surface area (Å²) in [5.41, 5.74) is 0.385. The second-order valence-electron chi connectivity index (χ2n) is 5.62. The SMILES string of the molecule is CCOCc1nn2c(=O)cc(COC(=O)CNC(=O)c3ccccc3)nc2s1. The summed E-state index contributed by atoms with van der Waals surface area (Å²) in [6.45, 7) is 2.25. The Kier molecular flexibility index (Phi) is 6.45. The Hall–Kier alpha value is -3.11. The van der Waals surface area contributed by atoms with E-state index >= 15 is 0 Å². The van der Waals surface area contributed by atoms with Crippen LogP contribution in [-0.2, 0) is 27.5 Å². The molecule has 0 bridgehead atoms. The van der Waals surface area contributed by atoms with Crippen molar-refractivity contribution in [1.82, 2.24) is 19.9 Å². The largest absolute Gasteiger partial charge is 0.458 e. The minimum absolute atomic E-state index is 0.176. The van der Waals surface area contributed by atoms with Crippen molar-refractivity contribution >= 4 is 28.2 Å². The third-order valence-electron chi connectivity index (χ3n) is 3.58. The van der Waals surface area contributed by atoms with Crippen LogP contribution in [0.25, 0.3) is 4.96 Å². The number of nitrogens with zero attached hydrogens (tertiary/aromatic N) is 3. The summed E-state index contributed by atoms with van der Waals surface area (Å²) >= 11 is 1.23. The molecule has 0 aliphatic carbocycles. The Balaban J connectivity index is 1.56. The molecule has 0 unspecified atom stereocenters. The lowest BCUT2D eigenvalue weighted by Crippen LogP contribution is -2.30. The van der Waals surface area contributed by atoms with E-state index in [0.717, 1.165) is 0 Å². The average molecular weight is 402 g/mol. The molecule has 1 amide bonds. The van der Waals surface area contributed by atoms with E-state index in [9.17, 15) is 14.4 Å². The molecule has 0 aliphatic rings. The first-order chi connectivity index (χ1) is 13.6. The zero-order valence-electron chi connectivity index (χ0n) is 15.1. The van der Waals surface area contributed by atoms with Crippen LogP contribution in [0.3, 0.4) is 0 Å². The standard InChI is InChI=1S/C18H18N4O5S/c1-2-26-11-14-21-22-15(23)8-13(20-18(22)28-14)10-27-16(24)9-19-17(25)12-6-4-3-5-7-12/h3-8H,2,9-11H2,1H3,(H,19,25). The van der Waals surface area contributed by atoms with Gasteiger partial charge in [0.05, 0.1) is 5.69 Å². The molecular weight excluding hydrogens is 384 g/mol. The molecule has 2 heterocycles. The van der Waals surface area contributed by atoms with E-state index in [1.54, 1.807) is 30.3 Å². The van der Waals surface area contributed by atoms with E-state index in [0.29, 0.717) is 34.4 Å². The molecule has 9 nitrogen and oxygen atoms in total. The van der Waals surface area contributed by atoms with Gasteiger partial charge in [-0.05, 0) is 19.1 Å². The number of benzene rings is 1. The van der Waals surface area contributed by atoms with Gasteiger partial charge in [-0.3, -0.25) is 14.4 Å². The zero-order valence-corrected chi connectivity index (χ0v) is 15.9. The first kappa shape index (κ1) is 19.6. The highest BCUT2D eigenvalue weighted by Crippen LogP contribution is 2.12. The monoisotopic (exact) mass is 402 g/mol. The quantitative estimate of drug-likeness (QED) is 0.563. The van der Waals surface area contributed by atoms with Crippen molar-refractivity contribution in [1.29, 1.82) is 0 Å². The van der Waals surface area contributed by atoms with E-state index in [1.165, 1.54) is 21.9 Å². The maximum atomic E-state index is 12.1. The number of ether oxygens (including phenoxy) is 2. The molecule has 0 aliphatic heterocycles. The molecule has 10 heteroatoms. The lowest BCUT2D eigenvalue weighted by Gasteiger charge is -2.06. The highest BCUT2D eigenvalue weighted by molar-refractivity contribution is 7.16. The van der Waals surface area contributed by atoms with E-state index in [2.05, 4.69) is 15.4 Å². The number of esters is 1. The van der Waals surface area contributed by atoms with Gasteiger partial charge in [0, 0.05) is 18.2 Å². The van der Waals surface area contributed by atoms with Gasteiger partial charge in [-0.15, -0.1) is 0 Å². The number of nitrogens with one attached hydrogen (secondary N) is 1. The van der Waals surface area contributed by atoms with Crippen molar-refractivity contribution in [2.24, 2.45) is 0 Å². The summed E-state index contributed by atoms with van der Waals surface area (Å²) in [6.07, 6.45) is 0. The van der Waals surface area contributed by atoms with Gasteiger partial charge in [0.1, 0.15) is 24.8 Å². The fraction of sp³-hybridized carbons (Fsp3) is 0.278. The third kappa shape index (κ3) is 4.99. The van der Waals surface area contributed by atoms with Crippen LogP contribution in [0.1, 0.15) is 28.0 Å². The fourth-order valence-corrected chi connectivity index (χ4v) is 3.12. The second-order valence-corrected chi connectivity index (χ2v) is 6.66. The van der Waals surface area contributed by atoms with Gasteiger partial charge in [-0.1, -0.05) is 29.5 Å². The Labute approximate surface area is 163 Å². The molecule has 146 valence electrons. The maximum absolute atomic E-state index is 12.1. The van der Waals surface area contributed by atoms with Gasteiger partial charge < -0.3 is 14.8 Å². The lowest BCUT2D eigenvalue weighted by atomic mass is 10.2. The Morgan fingerprint density at radius 2 is 2.00 bits per heavy atom. The molecule has 28 heavy (non-hydrogen) atoms. The number of hydrogen-bond acceptors (Lipinski definition) is 8. The summed E-state index contributed by atoms with van der Waals surface area (Å²) in [7, 11) is 0. The lowest BCUT2D eigenvalue weighted by molar-refractivity contribution is -0.143. The van der Waals surface area contributed by atoms with Gasteiger partial charge in [0.15, 0.2) is 0 Å². The van der Waals surface area contributed by atoms with Crippen LogP contribution in [0, 0.1) is 0 Å². The van der Waals surface area contributed by atoms with Crippen LogP contribution >= 0.6 is 11.3 Å². The Bertz CT molecular complexity index is 1030. The Morgan fingerprint density at radius 1 is 1.21 bits per heavy atom. The van der Waals surface area contributed by atoms with Crippen LogP contribution in [0.5, 0.6) is 0 Å². The molecule has 1 N–H and O–H groups in total. The average Bonchev–Trinajstić information content (AvgIpc) is 3.13. The minimum Gasteiger partial charge on any atom is -0.458 e. The first-order valence-corrected chi connectivity index (χ1v) is 9.33. The van der Waals surface area contributed by atoms with Crippen molar-refractivity contribution in [3.63, 3.8) is 0 Å². The molecule has 0 radical (unpaired) electrons. The first-order valence-electron chi connectivity index (χ1n) is 8.52. The van der Waals surface area contributed by atoms with Crippen LogP contribution in [0.15, 0.2) is 41.2 Å². The number of carbonyl (C=O) groups excluding carboxylic acids is 2. The molecule has 3 aromatic rings. The van der Waals surface area contributed by atoms with Gasteiger partial charge >= 0.3 is 5.97 Å². The van der Waals surface area contributed by atoms with Gasteiger partial charge in [-0.2, -0.15) is 9.61 Å². The fourth-order valence-electron chi connectivity index (χ4n) is 2.27. The minimum atomic E-state index is -0.632. The second kappa shape index (κ2) is 9.20. The van der Waals surface area contributed by atoms with E-state index in [4.69, 9.17) is 9.47 Å². The molecule has 0 fully saturated rings. The van der Waals surface area contributed by atoms with Crippen LogP contribution < -0.4 is 10.9 Å². The van der Waals surface area contributed by atoms with Gasteiger partial charge in [0.2, 0.25) is 4.96 Å². The molecule has 0 spiro atoms. The number of amides is 1. The van der Waals surface area contributed by atoms with Crippen molar-refractivity contribution in [3.8, 4) is 0 Å². The number of hydrogen-bond donors (Lipinski definition) is 1. The van der Waals surface area contributed by atoms with Crippen molar-refractivity contribution in [2.45, 2.75) is 20.1 Å². The van der Waals surface area contributed by atoms with Crippen molar-refractivity contribution in [3.05, 3.63) is 63.0 Å². The number of carbonyl (C=O) groups is 2. The highest BCUT2D eigenvalue weighted by Gasteiger charge is 2.12. The topological polar surface area (TPSA) is 112 Å². The third-order valence-corrected chi connectivity index (χ3v) is 4.46. The van der Waals surface area contributed by atoms with Crippen LogP contribution in [0.2, 0.25) is 0 Å². The summed E-state index contributed by atoms with van der Waals surface area (Å²) < 4.78 is 11.5. The summed E-state index contributed by atoms with van der Waals surface area (Å²) in [5.74, 6) is -1.01. The molecule has 1 aromatic carbocycles. The van der Waals surface area contributed by atoms with E-state index < -0.39 is 5.97 Å². The zero-order chi connectivity index (χ0) is 19.9. The normalized spacial score (nSPS) is 10.8. The molecule has 0 saturated heterocycles. The highest BCUT2D eigenvalue weighted by atomic mass is 32.1. The van der Waals surface area contributed by atoms with E-state index in [-0.39, 0.29) is 24.6 Å². The molecule has 0 saturated carbocycles. The van der Waals surface area contributed by atoms with E-state index in [1.807, 2.05) is 6.92 Å². The predicted octanol–water partition coefficient (Wildman–Crippen LogP) is 1.16. The Morgan fingerprint density at radius 3 is 2.75 bits per heavy atom. The predicted molar refractivity (Wildman–Crippen MR) is 101 cm³/mol. The number of rotatable bonds is 8. The van der Waals surface area contributed by atoms with Crippen molar-refractivity contribution in [2.75, 3.05) is 13.2 Å². The van der Waals surface area contributed by atoms with Gasteiger partial charge in [0.25, 0.3) is 11.5 Å². The number of fused-ring (bicyclic) bond motifs is 1. The molecule has 0 atom stereocenters. The van der Waals surface area contributed by atoms with Crippen LogP contribution in [0.4, 0.5) is 0 Å². The molecule has 3 rings (SSSR count). The van der Waals surface area contributed by atoms with Gasteiger partial charge in [-0.25, -0.2) is 4.98 Å². The summed E-state index contributed by atoms with van der Waals surface area (Å²) in [6, 6.07) is 9.79. The summed E-state index contributed by atoms with van der Waals surface area (Å²) in [4.78, 5) is 40.6. The molecular formula is C18H18N4O5S. The smallest absolute Gasteiger partial charge is 0.325 e. The van der Waals surface area contributed by atoms with Crippen molar-refractivity contribution < 1.29 is 19.1 Å². The maximum Gasteiger partial charge on any atom is 0.325 e. The number of aromatic nitrogens is 3. The summed E-state index contributed by atoms with van der Waals surface area (Å²) in [5, 5.41) is 7.25. The molecule has 2 aromatic heterocycles. The van der Waals surface area contributed by atoms with Crippen LogP contribution in [-0.4, -0.2) is 39.6 Å².